The molecular formula is C16H26ClNOS. The normalized spacial score (nSPS) is 15.0. The van der Waals surface area contributed by atoms with Gasteiger partial charge in [0.25, 0.3) is 0 Å². The van der Waals surface area contributed by atoms with Gasteiger partial charge in [-0.05, 0) is 39.2 Å². The molecule has 2 atom stereocenters. The fourth-order valence-electron chi connectivity index (χ4n) is 1.90. The molecule has 2 nitrogen and oxygen atoms in total. The van der Waals surface area contributed by atoms with Crippen molar-refractivity contribution in [3.63, 3.8) is 0 Å². The van der Waals surface area contributed by atoms with Gasteiger partial charge in [-0.25, -0.2) is 8.93 Å². The Hall–Kier alpha value is -0.380. The van der Waals surface area contributed by atoms with E-state index in [-0.39, 0.29) is 10.8 Å². The van der Waals surface area contributed by atoms with Gasteiger partial charge in [0, 0.05) is 11.9 Å². The summed E-state index contributed by atoms with van der Waals surface area (Å²) in [5.41, 5.74) is 1.20. The summed E-state index contributed by atoms with van der Waals surface area (Å²) in [6.45, 7) is 5.98. The first-order chi connectivity index (χ1) is 9.45. The Labute approximate surface area is 130 Å². The van der Waals surface area contributed by atoms with Gasteiger partial charge in [0.1, 0.15) is 0 Å². The molecule has 0 saturated carbocycles. The molecule has 0 radical (unpaired) electrons. The summed E-state index contributed by atoms with van der Waals surface area (Å²) in [6.07, 6.45) is 4.26. The van der Waals surface area contributed by atoms with Gasteiger partial charge in [-0.3, -0.25) is 0 Å². The average Bonchev–Trinajstić information content (AvgIpc) is 2.42. The van der Waals surface area contributed by atoms with Crippen LogP contribution in [-0.2, 0) is 11.0 Å². The molecule has 0 bridgehead atoms. The Bertz CT molecular complexity index is 403. The average molecular weight is 316 g/mol. The Kier molecular flexibility index (Phi) is 7.78. The molecule has 1 aromatic carbocycles. The monoisotopic (exact) mass is 315 g/mol. The van der Waals surface area contributed by atoms with E-state index >= 15 is 0 Å². The summed E-state index contributed by atoms with van der Waals surface area (Å²) in [5.74, 6) is 0.720. The van der Waals surface area contributed by atoms with E-state index in [0.717, 1.165) is 31.6 Å². The maximum absolute atomic E-state index is 12.3. The molecule has 20 heavy (non-hydrogen) atoms. The smallest absolute Gasteiger partial charge is 0.0975 e. The predicted molar refractivity (Wildman–Crippen MR) is 89.4 cm³/mol. The van der Waals surface area contributed by atoms with Gasteiger partial charge in [0.05, 0.1) is 15.7 Å². The molecule has 4 heteroatoms. The van der Waals surface area contributed by atoms with Crippen LogP contribution in [0.1, 0.15) is 58.1 Å². The molecule has 1 aromatic rings. The highest BCUT2D eigenvalue weighted by atomic mass is 35.5. The zero-order chi connectivity index (χ0) is 15.0. The largest absolute Gasteiger partial charge is 0.242 e. The molecular weight excluding hydrogens is 290 g/mol. The van der Waals surface area contributed by atoms with E-state index in [2.05, 4.69) is 16.9 Å². The molecule has 1 rings (SSSR count). The van der Waals surface area contributed by atoms with Crippen LogP contribution in [0.3, 0.4) is 0 Å². The maximum Gasteiger partial charge on any atom is 0.0975 e. The van der Waals surface area contributed by atoms with Crippen molar-refractivity contribution in [1.29, 1.82) is 0 Å². The van der Waals surface area contributed by atoms with Crippen molar-refractivity contribution in [2.24, 2.45) is 0 Å². The van der Waals surface area contributed by atoms with E-state index in [4.69, 9.17) is 11.6 Å². The highest BCUT2D eigenvalue weighted by Gasteiger charge is 2.23. The SMILES string of the molecule is CC(C)(C)[S@](=O)N[C@H](CCCCCCl)c1ccccc1. The van der Waals surface area contributed by atoms with Crippen molar-refractivity contribution in [2.45, 2.75) is 57.2 Å². The number of nitrogens with one attached hydrogen (secondary N) is 1. The minimum atomic E-state index is -1.05. The molecule has 0 heterocycles. The summed E-state index contributed by atoms with van der Waals surface area (Å²) in [7, 11) is -1.05. The zero-order valence-electron chi connectivity index (χ0n) is 12.7. The highest BCUT2D eigenvalue weighted by molar-refractivity contribution is 7.84. The molecule has 0 aliphatic carbocycles. The highest BCUT2D eigenvalue weighted by Crippen LogP contribution is 2.22. The maximum atomic E-state index is 12.3. The molecule has 0 unspecified atom stereocenters. The van der Waals surface area contributed by atoms with Crippen LogP contribution in [0.15, 0.2) is 30.3 Å². The lowest BCUT2D eigenvalue weighted by Gasteiger charge is -2.24. The van der Waals surface area contributed by atoms with Crippen LogP contribution in [0.25, 0.3) is 0 Å². The van der Waals surface area contributed by atoms with Crippen LogP contribution in [0.4, 0.5) is 0 Å². The summed E-state index contributed by atoms with van der Waals surface area (Å²) in [4.78, 5) is 0. The van der Waals surface area contributed by atoms with Crippen LogP contribution in [0.2, 0.25) is 0 Å². The van der Waals surface area contributed by atoms with Crippen LogP contribution >= 0.6 is 11.6 Å². The van der Waals surface area contributed by atoms with Gasteiger partial charge < -0.3 is 0 Å². The zero-order valence-corrected chi connectivity index (χ0v) is 14.3. The van der Waals surface area contributed by atoms with Crippen molar-refractivity contribution < 1.29 is 4.21 Å². The van der Waals surface area contributed by atoms with Gasteiger partial charge in [0.2, 0.25) is 0 Å². The molecule has 0 aromatic heterocycles. The predicted octanol–water partition coefficient (Wildman–Crippen LogP) is 4.58. The minimum Gasteiger partial charge on any atom is -0.242 e. The third-order valence-corrected chi connectivity index (χ3v) is 5.01. The molecule has 0 aliphatic rings. The van der Waals surface area contributed by atoms with Crippen LogP contribution < -0.4 is 4.72 Å². The fraction of sp³-hybridized carbons (Fsp3) is 0.625. The van der Waals surface area contributed by atoms with Crippen LogP contribution in [0, 0.1) is 0 Å². The first-order valence-corrected chi connectivity index (χ1v) is 8.92. The van der Waals surface area contributed by atoms with E-state index in [1.54, 1.807) is 0 Å². The Morgan fingerprint density at radius 2 is 1.80 bits per heavy atom. The molecule has 0 saturated heterocycles. The number of halogens is 1. The van der Waals surface area contributed by atoms with Crippen molar-refractivity contribution >= 4 is 22.6 Å². The topological polar surface area (TPSA) is 29.1 Å². The minimum absolute atomic E-state index is 0.145. The Morgan fingerprint density at radius 3 is 2.35 bits per heavy atom. The Balaban J connectivity index is 2.67. The molecule has 0 spiro atoms. The summed E-state index contributed by atoms with van der Waals surface area (Å²) >= 11 is 5.71. The second-order valence-electron chi connectivity index (χ2n) is 6.00. The van der Waals surface area contributed by atoms with Gasteiger partial charge in [-0.1, -0.05) is 43.2 Å². The lowest BCUT2D eigenvalue weighted by atomic mass is 10.0. The third-order valence-electron chi connectivity index (χ3n) is 3.13. The van der Waals surface area contributed by atoms with Crippen LogP contribution in [0.5, 0.6) is 0 Å². The lowest BCUT2D eigenvalue weighted by Crippen LogP contribution is -2.35. The number of hydrogen-bond donors (Lipinski definition) is 1. The molecule has 0 fully saturated rings. The molecule has 114 valence electrons. The van der Waals surface area contributed by atoms with E-state index in [1.807, 2.05) is 39.0 Å². The van der Waals surface area contributed by atoms with E-state index in [9.17, 15) is 4.21 Å². The third kappa shape index (κ3) is 6.38. The Morgan fingerprint density at radius 1 is 1.15 bits per heavy atom. The van der Waals surface area contributed by atoms with Crippen molar-refractivity contribution in [2.75, 3.05) is 5.88 Å². The molecule has 0 aliphatic heterocycles. The van der Waals surface area contributed by atoms with Gasteiger partial charge in [-0.2, -0.15) is 0 Å². The van der Waals surface area contributed by atoms with E-state index in [1.165, 1.54) is 5.56 Å². The number of unbranched alkanes of at least 4 members (excludes halogenated alkanes) is 2. The van der Waals surface area contributed by atoms with Crippen LogP contribution in [-0.4, -0.2) is 14.8 Å². The van der Waals surface area contributed by atoms with Crippen molar-refractivity contribution in [3.8, 4) is 0 Å². The van der Waals surface area contributed by atoms with Gasteiger partial charge in [-0.15, -0.1) is 11.6 Å². The molecule has 1 N–H and O–H groups in total. The van der Waals surface area contributed by atoms with Gasteiger partial charge >= 0.3 is 0 Å². The van der Waals surface area contributed by atoms with Crippen molar-refractivity contribution in [3.05, 3.63) is 35.9 Å². The second-order valence-corrected chi connectivity index (χ2v) is 8.38. The quantitative estimate of drug-likeness (QED) is 0.552. The van der Waals surface area contributed by atoms with E-state index < -0.39 is 11.0 Å². The number of rotatable bonds is 8. The number of alkyl halides is 1. The summed E-state index contributed by atoms with van der Waals surface area (Å²) in [6, 6.07) is 10.4. The summed E-state index contributed by atoms with van der Waals surface area (Å²) in [5, 5.41) is 0. The van der Waals surface area contributed by atoms with Gasteiger partial charge in [0.15, 0.2) is 0 Å². The first kappa shape index (κ1) is 17.7. The van der Waals surface area contributed by atoms with E-state index in [0.29, 0.717) is 0 Å². The summed E-state index contributed by atoms with van der Waals surface area (Å²) < 4.78 is 15.4. The second kappa shape index (κ2) is 8.81. The standard InChI is InChI=1S/C16H26ClNOS/c1-16(2,3)20(19)18-15(12-8-5-9-13-17)14-10-6-4-7-11-14/h4,6-7,10-11,15,18H,5,8-9,12-13H2,1-3H3/t15-,20+/m1/s1. The first-order valence-electron chi connectivity index (χ1n) is 7.24. The van der Waals surface area contributed by atoms with Crippen molar-refractivity contribution in [1.82, 2.24) is 4.72 Å². The number of benzene rings is 1. The molecule has 0 amide bonds. The lowest BCUT2D eigenvalue weighted by molar-refractivity contribution is 0.537. The fourth-order valence-corrected chi connectivity index (χ4v) is 2.96. The number of hydrogen-bond acceptors (Lipinski definition) is 1.